The molecule has 6 rings (SSSR count). The summed E-state index contributed by atoms with van der Waals surface area (Å²) in [5, 5.41) is 32.0. The Morgan fingerprint density at radius 3 is 2.69 bits per heavy atom. The standard InChI is InChI=1S/C25H23F2N7O2/c1-24(2)14-6-7-25(24,19-9-28-10-20(30-19)34-12-29-23(33-34)18(36)11-35)22-13(14)8-17(31-32-22)21-15(26)4-3-5-16(21)27/h3-5,8-10,12,14,18,35-36H,6-7,11H2,1-2H3/t14-,18?,25-/m0/s1. The smallest absolute Gasteiger partial charge is 0.181 e. The molecule has 9 nitrogen and oxygen atoms in total. The van der Waals surface area contributed by atoms with E-state index in [9.17, 15) is 19.0 Å². The molecule has 2 bridgehead atoms. The molecule has 1 unspecified atom stereocenters. The van der Waals surface area contributed by atoms with Crippen molar-refractivity contribution in [1.82, 2.24) is 34.9 Å². The predicted molar refractivity (Wildman–Crippen MR) is 123 cm³/mol. The van der Waals surface area contributed by atoms with Crippen LogP contribution in [0.3, 0.4) is 0 Å². The maximum atomic E-state index is 14.5. The predicted octanol–water partition coefficient (Wildman–Crippen LogP) is 3.02. The Balaban J connectivity index is 1.47. The summed E-state index contributed by atoms with van der Waals surface area (Å²) in [7, 11) is 0. The molecule has 1 fully saturated rings. The van der Waals surface area contributed by atoms with E-state index in [2.05, 4.69) is 39.1 Å². The Morgan fingerprint density at radius 2 is 1.94 bits per heavy atom. The maximum Gasteiger partial charge on any atom is 0.181 e. The number of halogens is 2. The number of nitrogens with zero attached hydrogens (tertiary/aromatic N) is 7. The second-order valence-corrected chi connectivity index (χ2v) is 9.86. The van der Waals surface area contributed by atoms with Crippen molar-refractivity contribution in [1.29, 1.82) is 0 Å². The third-order valence-electron chi connectivity index (χ3n) is 7.88. The molecule has 0 spiro atoms. The molecule has 3 heterocycles. The molecule has 184 valence electrons. The molecule has 3 atom stereocenters. The van der Waals surface area contributed by atoms with Gasteiger partial charge in [-0.2, -0.15) is 5.10 Å². The number of hydrogen-bond acceptors (Lipinski definition) is 8. The minimum Gasteiger partial charge on any atom is -0.393 e. The first-order valence-corrected chi connectivity index (χ1v) is 11.6. The highest BCUT2D eigenvalue weighted by atomic mass is 19.1. The molecule has 0 saturated heterocycles. The number of aliphatic hydroxyl groups is 2. The molecule has 3 aromatic heterocycles. The van der Waals surface area contributed by atoms with Crippen molar-refractivity contribution in [2.75, 3.05) is 6.61 Å². The Labute approximate surface area is 204 Å². The van der Waals surface area contributed by atoms with Gasteiger partial charge in [0.05, 0.1) is 40.9 Å². The van der Waals surface area contributed by atoms with Gasteiger partial charge in [-0.1, -0.05) is 19.9 Å². The number of aromatic nitrogens is 7. The molecule has 2 N–H and O–H groups in total. The van der Waals surface area contributed by atoms with E-state index in [4.69, 9.17) is 4.98 Å². The van der Waals surface area contributed by atoms with Gasteiger partial charge >= 0.3 is 0 Å². The van der Waals surface area contributed by atoms with Crippen molar-refractivity contribution in [3.8, 4) is 17.1 Å². The van der Waals surface area contributed by atoms with Crippen LogP contribution in [0.2, 0.25) is 0 Å². The number of fused-ring (bicyclic) bond motifs is 5. The molecular formula is C25H23F2N7O2. The highest BCUT2D eigenvalue weighted by Gasteiger charge is 2.65. The quantitative estimate of drug-likeness (QED) is 0.437. The van der Waals surface area contributed by atoms with Gasteiger partial charge in [0.15, 0.2) is 11.6 Å². The number of aliphatic hydroxyl groups excluding tert-OH is 2. The van der Waals surface area contributed by atoms with Gasteiger partial charge in [-0.15, -0.1) is 10.2 Å². The first-order chi connectivity index (χ1) is 17.3. The average molecular weight is 492 g/mol. The zero-order valence-electron chi connectivity index (χ0n) is 19.6. The number of hydrogen-bond donors (Lipinski definition) is 2. The Hall–Kier alpha value is -3.70. The second-order valence-electron chi connectivity index (χ2n) is 9.86. The summed E-state index contributed by atoms with van der Waals surface area (Å²) in [5.41, 5.74) is 1.40. The summed E-state index contributed by atoms with van der Waals surface area (Å²) in [5.74, 6) is -0.790. The van der Waals surface area contributed by atoms with Crippen LogP contribution in [-0.2, 0) is 5.41 Å². The fourth-order valence-corrected chi connectivity index (χ4v) is 6.05. The lowest BCUT2D eigenvalue weighted by atomic mass is 9.66. The van der Waals surface area contributed by atoms with Crippen molar-refractivity contribution in [3.63, 3.8) is 0 Å². The summed E-state index contributed by atoms with van der Waals surface area (Å²) >= 11 is 0. The first-order valence-electron chi connectivity index (χ1n) is 11.6. The largest absolute Gasteiger partial charge is 0.393 e. The van der Waals surface area contributed by atoms with Crippen molar-refractivity contribution >= 4 is 0 Å². The number of benzene rings is 1. The van der Waals surface area contributed by atoms with E-state index in [1.807, 2.05) is 0 Å². The number of rotatable bonds is 5. The van der Waals surface area contributed by atoms with E-state index in [1.165, 1.54) is 35.4 Å². The van der Waals surface area contributed by atoms with Gasteiger partial charge in [-0.3, -0.25) is 4.98 Å². The van der Waals surface area contributed by atoms with Gasteiger partial charge in [0.1, 0.15) is 24.1 Å². The van der Waals surface area contributed by atoms with Crippen LogP contribution in [0.15, 0.2) is 43.0 Å². The third-order valence-corrected chi connectivity index (χ3v) is 7.88. The zero-order chi connectivity index (χ0) is 25.2. The van der Waals surface area contributed by atoms with Crippen LogP contribution < -0.4 is 0 Å². The molecule has 1 aromatic carbocycles. The van der Waals surface area contributed by atoms with E-state index in [0.29, 0.717) is 11.5 Å². The Kier molecular flexibility index (Phi) is 4.99. The first kappa shape index (κ1) is 22.7. The van der Waals surface area contributed by atoms with Crippen LogP contribution in [0.5, 0.6) is 0 Å². The van der Waals surface area contributed by atoms with Crippen LogP contribution in [0.4, 0.5) is 8.78 Å². The van der Waals surface area contributed by atoms with Crippen LogP contribution in [-0.4, -0.2) is 51.7 Å². The van der Waals surface area contributed by atoms with Gasteiger partial charge in [-0.05, 0) is 47.9 Å². The fraction of sp³-hybridized carbons (Fsp3) is 0.360. The zero-order valence-corrected chi connectivity index (χ0v) is 19.6. The van der Waals surface area contributed by atoms with Crippen molar-refractivity contribution in [3.05, 3.63) is 77.4 Å². The van der Waals surface area contributed by atoms with Crippen LogP contribution in [0.1, 0.15) is 61.5 Å². The molecule has 0 radical (unpaired) electrons. The van der Waals surface area contributed by atoms with E-state index in [-0.39, 0.29) is 28.4 Å². The lowest BCUT2D eigenvalue weighted by Gasteiger charge is -2.37. The Morgan fingerprint density at radius 1 is 1.17 bits per heavy atom. The van der Waals surface area contributed by atoms with Crippen molar-refractivity contribution in [2.24, 2.45) is 5.41 Å². The molecule has 2 aliphatic rings. The lowest BCUT2D eigenvalue weighted by molar-refractivity contribution is 0.0887. The molecule has 1 saturated carbocycles. The van der Waals surface area contributed by atoms with Crippen LogP contribution >= 0.6 is 0 Å². The maximum absolute atomic E-state index is 14.5. The molecule has 4 aromatic rings. The highest BCUT2D eigenvalue weighted by molar-refractivity contribution is 5.64. The van der Waals surface area contributed by atoms with E-state index in [1.54, 1.807) is 12.3 Å². The average Bonchev–Trinajstić information content (AvgIpc) is 3.52. The minimum atomic E-state index is -1.19. The SMILES string of the molecule is CC1(C)[C@H]2CC[C@]1(c1cncc(-n3cnc(C(O)CO)n3)n1)c1nnc(-c3c(F)cccc3F)cc12. The summed E-state index contributed by atoms with van der Waals surface area (Å²) < 4.78 is 30.4. The van der Waals surface area contributed by atoms with Gasteiger partial charge < -0.3 is 10.2 Å². The van der Waals surface area contributed by atoms with E-state index < -0.39 is 29.8 Å². The molecule has 0 aliphatic heterocycles. The minimum absolute atomic E-state index is 0.0779. The summed E-state index contributed by atoms with van der Waals surface area (Å²) in [6.07, 6.45) is 5.07. The van der Waals surface area contributed by atoms with Crippen LogP contribution in [0.25, 0.3) is 17.1 Å². The lowest BCUT2D eigenvalue weighted by Crippen LogP contribution is -2.38. The van der Waals surface area contributed by atoms with Gasteiger partial charge in [0, 0.05) is 6.20 Å². The second kappa shape index (κ2) is 7.90. The van der Waals surface area contributed by atoms with Crippen molar-refractivity contribution < 1.29 is 19.0 Å². The fourth-order valence-electron chi connectivity index (χ4n) is 6.05. The van der Waals surface area contributed by atoms with Gasteiger partial charge in [-0.25, -0.2) is 23.4 Å². The molecule has 36 heavy (non-hydrogen) atoms. The Bertz CT molecular complexity index is 1470. The highest BCUT2D eigenvalue weighted by Crippen LogP contribution is 2.69. The van der Waals surface area contributed by atoms with E-state index >= 15 is 0 Å². The van der Waals surface area contributed by atoms with E-state index in [0.717, 1.165) is 24.1 Å². The van der Waals surface area contributed by atoms with Gasteiger partial charge in [0.25, 0.3) is 0 Å². The van der Waals surface area contributed by atoms with Gasteiger partial charge in [0.2, 0.25) is 0 Å². The summed E-state index contributed by atoms with van der Waals surface area (Å²) in [6.45, 7) is 3.80. The molecule has 11 heteroatoms. The molecular weight excluding hydrogens is 468 g/mol. The van der Waals surface area contributed by atoms with Crippen molar-refractivity contribution in [2.45, 2.75) is 44.1 Å². The molecule has 2 aliphatic carbocycles. The third kappa shape index (κ3) is 2.99. The van der Waals surface area contributed by atoms with Crippen LogP contribution in [0, 0.1) is 17.0 Å². The topological polar surface area (TPSA) is 123 Å². The molecule has 0 amide bonds. The summed E-state index contributed by atoms with van der Waals surface area (Å²) in [4.78, 5) is 13.3. The summed E-state index contributed by atoms with van der Waals surface area (Å²) in [6, 6.07) is 5.50. The normalized spacial score (nSPS) is 22.6. The monoisotopic (exact) mass is 491 g/mol.